The van der Waals surface area contributed by atoms with Crippen molar-refractivity contribution in [2.75, 3.05) is 0 Å². The van der Waals surface area contributed by atoms with E-state index in [0.29, 0.717) is 6.54 Å². The zero-order valence-corrected chi connectivity index (χ0v) is 8.01. The molecule has 0 atom stereocenters. The Kier molecular flexibility index (Phi) is 2.28. The number of rotatable bonds is 2. The van der Waals surface area contributed by atoms with Crippen molar-refractivity contribution in [2.45, 2.75) is 13.5 Å². The van der Waals surface area contributed by atoms with Crippen molar-refractivity contribution in [1.29, 1.82) is 0 Å². The van der Waals surface area contributed by atoms with Crippen molar-refractivity contribution in [1.82, 2.24) is 14.8 Å². The van der Waals surface area contributed by atoms with Gasteiger partial charge in [-0.3, -0.25) is 4.98 Å². The Morgan fingerprint density at radius 1 is 1.36 bits per heavy atom. The Bertz CT molecular complexity index is 416. The molecule has 0 bridgehead atoms. The molecule has 14 heavy (non-hydrogen) atoms. The quantitative estimate of drug-likeness (QED) is 0.766. The van der Waals surface area contributed by atoms with Crippen LogP contribution in [0.5, 0.6) is 0 Å². The molecule has 0 radical (unpaired) electrons. The zero-order chi connectivity index (χ0) is 9.97. The van der Waals surface area contributed by atoms with Crippen molar-refractivity contribution < 1.29 is 0 Å². The lowest BCUT2D eigenvalue weighted by atomic mass is 10.3. The SMILES string of the molecule is Cc1cnn(-c2ccc(CN)nc2)c1. The molecule has 0 aliphatic heterocycles. The van der Waals surface area contributed by atoms with E-state index < -0.39 is 0 Å². The number of nitrogens with zero attached hydrogens (tertiary/aromatic N) is 3. The van der Waals surface area contributed by atoms with Crippen LogP contribution in [-0.2, 0) is 6.54 Å². The Labute approximate surface area is 82.4 Å². The number of aromatic nitrogens is 3. The fourth-order valence-corrected chi connectivity index (χ4v) is 1.23. The summed E-state index contributed by atoms with van der Waals surface area (Å²) in [7, 11) is 0. The van der Waals surface area contributed by atoms with E-state index in [0.717, 1.165) is 16.9 Å². The Hall–Kier alpha value is -1.68. The first-order valence-corrected chi connectivity index (χ1v) is 4.46. The fraction of sp³-hybridized carbons (Fsp3) is 0.200. The molecule has 2 rings (SSSR count). The van der Waals surface area contributed by atoms with E-state index in [4.69, 9.17) is 5.73 Å². The maximum Gasteiger partial charge on any atom is 0.0829 e. The van der Waals surface area contributed by atoms with Gasteiger partial charge in [0.25, 0.3) is 0 Å². The molecule has 0 aromatic carbocycles. The highest BCUT2D eigenvalue weighted by molar-refractivity contribution is 5.29. The van der Waals surface area contributed by atoms with Gasteiger partial charge in [0, 0.05) is 12.7 Å². The van der Waals surface area contributed by atoms with Crippen molar-refractivity contribution >= 4 is 0 Å². The van der Waals surface area contributed by atoms with Crippen LogP contribution in [0.1, 0.15) is 11.3 Å². The highest BCUT2D eigenvalue weighted by Gasteiger charge is 1.98. The summed E-state index contributed by atoms with van der Waals surface area (Å²) in [5.41, 5.74) is 8.43. The van der Waals surface area contributed by atoms with Gasteiger partial charge >= 0.3 is 0 Å². The van der Waals surface area contributed by atoms with Crippen LogP contribution >= 0.6 is 0 Å². The van der Waals surface area contributed by atoms with Gasteiger partial charge in [0.15, 0.2) is 0 Å². The molecule has 0 saturated heterocycles. The molecule has 0 aliphatic carbocycles. The van der Waals surface area contributed by atoms with E-state index in [1.165, 1.54) is 0 Å². The van der Waals surface area contributed by atoms with Crippen LogP contribution in [0.15, 0.2) is 30.7 Å². The molecule has 0 unspecified atom stereocenters. The monoisotopic (exact) mass is 188 g/mol. The van der Waals surface area contributed by atoms with E-state index in [1.807, 2.05) is 31.5 Å². The summed E-state index contributed by atoms with van der Waals surface area (Å²) in [6.07, 6.45) is 5.55. The van der Waals surface area contributed by atoms with Crippen LogP contribution in [0, 0.1) is 6.92 Å². The molecule has 4 heteroatoms. The van der Waals surface area contributed by atoms with Gasteiger partial charge in [-0.2, -0.15) is 5.10 Å². The average molecular weight is 188 g/mol. The van der Waals surface area contributed by atoms with E-state index in [2.05, 4.69) is 10.1 Å². The summed E-state index contributed by atoms with van der Waals surface area (Å²) in [5.74, 6) is 0. The van der Waals surface area contributed by atoms with Crippen molar-refractivity contribution in [3.05, 3.63) is 42.0 Å². The molecule has 2 aromatic heterocycles. The Morgan fingerprint density at radius 2 is 2.21 bits per heavy atom. The number of pyridine rings is 1. The third kappa shape index (κ3) is 1.65. The summed E-state index contributed by atoms with van der Waals surface area (Å²) in [5, 5.41) is 4.19. The van der Waals surface area contributed by atoms with Gasteiger partial charge in [-0.05, 0) is 24.6 Å². The minimum absolute atomic E-state index is 0.471. The first-order valence-electron chi connectivity index (χ1n) is 4.46. The molecule has 0 saturated carbocycles. The lowest BCUT2D eigenvalue weighted by Crippen LogP contribution is -2.01. The third-order valence-electron chi connectivity index (χ3n) is 1.99. The molecule has 2 aromatic rings. The standard InChI is InChI=1S/C10H12N4/c1-8-5-13-14(7-8)10-3-2-9(4-11)12-6-10/h2-3,5-7H,4,11H2,1H3. The van der Waals surface area contributed by atoms with E-state index in [9.17, 15) is 0 Å². The molecule has 0 aliphatic rings. The van der Waals surface area contributed by atoms with E-state index >= 15 is 0 Å². The summed E-state index contributed by atoms with van der Waals surface area (Å²) in [4.78, 5) is 4.20. The minimum Gasteiger partial charge on any atom is -0.325 e. The van der Waals surface area contributed by atoms with Crippen molar-refractivity contribution in [3.8, 4) is 5.69 Å². The second kappa shape index (κ2) is 3.59. The van der Waals surface area contributed by atoms with Gasteiger partial charge in [-0.15, -0.1) is 0 Å². The Balaban J connectivity index is 2.33. The first-order chi connectivity index (χ1) is 6.79. The second-order valence-corrected chi connectivity index (χ2v) is 3.17. The van der Waals surface area contributed by atoms with Gasteiger partial charge in [0.1, 0.15) is 0 Å². The molecule has 0 spiro atoms. The summed E-state index contributed by atoms with van der Waals surface area (Å²) >= 11 is 0. The van der Waals surface area contributed by atoms with Crippen LogP contribution < -0.4 is 5.73 Å². The van der Waals surface area contributed by atoms with Gasteiger partial charge in [0.05, 0.1) is 23.8 Å². The maximum absolute atomic E-state index is 5.46. The Morgan fingerprint density at radius 3 is 2.71 bits per heavy atom. The van der Waals surface area contributed by atoms with Crippen LogP contribution in [0.3, 0.4) is 0 Å². The highest BCUT2D eigenvalue weighted by atomic mass is 15.3. The molecule has 0 amide bonds. The van der Waals surface area contributed by atoms with Crippen LogP contribution in [0.4, 0.5) is 0 Å². The average Bonchev–Trinajstić information content (AvgIpc) is 2.65. The molecular weight excluding hydrogens is 176 g/mol. The normalized spacial score (nSPS) is 10.4. The third-order valence-corrected chi connectivity index (χ3v) is 1.99. The number of aryl methyl sites for hydroxylation is 1. The second-order valence-electron chi connectivity index (χ2n) is 3.17. The first kappa shape index (κ1) is 8.90. The molecule has 2 heterocycles. The number of hydrogen-bond donors (Lipinski definition) is 1. The summed E-state index contributed by atoms with van der Waals surface area (Å²) in [6.45, 7) is 2.48. The zero-order valence-electron chi connectivity index (χ0n) is 8.01. The van der Waals surface area contributed by atoms with Gasteiger partial charge in [0.2, 0.25) is 0 Å². The van der Waals surface area contributed by atoms with E-state index in [1.54, 1.807) is 10.9 Å². The van der Waals surface area contributed by atoms with Gasteiger partial charge in [-0.25, -0.2) is 4.68 Å². The molecular formula is C10H12N4. The summed E-state index contributed by atoms with van der Waals surface area (Å²) < 4.78 is 1.79. The minimum atomic E-state index is 0.471. The van der Waals surface area contributed by atoms with Crippen LogP contribution in [0.25, 0.3) is 5.69 Å². The smallest absolute Gasteiger partial charge is 0.0829 e. The number of nitrogens with two attached hydrogens (primary N) is 1. The van der Waals surface area contributed by atoms with Crippen molar-refractivity contribution in [3.63, 3.8) is 0 Å². The highest BCUT2D eigenvalue weighted by Crippen LogP contribution is 2.06. The summed E-state index contributed by atoms with van der Waals surface area (Å²) in [6, 6.07) is 3.87. The lowest BCUT2D eigenvalue weighted by Gasteiger charge is -2.01. The topological polar surface area (TPSA) is 56.7 Å². The largest absolute Gasteiger partial charge is 0.325 e. The predicted octanol–water partition coefficient (Wildman–Crippen LogP) is 1.03. The number of hydrogen-bond acceptors (Lipinski definition) is 3. The van der Waals surface area contributed by atoms with E-state index in [-0.39, 0.29) is 0 Å². The van der Waals surface area contributed by atoms with Gasteiger partial charge < -0.3 is 5.73 Å². The van der Waals surface area contributed by atoms with Crippen LogP contribution in [0.2, 0.25) is 0 Å². The lowest BCUT2D eigenvalue weighted by molar-refractivity contribution is 0.865. The fourth-order valence-electron chi connectivity index (χ4n) is 1.23. The van der Waals surface area contributed by atoms with Crippen LogP contribution in [-0.4, -0.2) is 14.8 Å². The molecule has 2 N–H and O–H groups in total. The van der Waals surface area contributed by atoms with Crippen molar-refractivity contribution in [2.24, 2.45) is 5.73 Å². The maximum atomic E-state index is 5.46. The predicted molar refractivity (Wildman–Crippen MR) is 54.0 cm³/mol. The molecule has 72 valence electrons. The molecule has 4 nitrogen and oxygen atoms in total. The molecule has 0 fully saturated rings. The van der Waals surface area contributed by atoms with Gasteiger partial charge in [-0.1, -0.05) is 0 Å².